The molecule has 0 heterocycles. The second-order valence-electron chi connectivity index (χ2n) is 11.0. The fraction of sp³-hybridized carbons (Fsp3) is 0.800. The van der Waals surface area contributed by atoms with Crippen LogP contribution in [0.3, 0.4) is 0 Å². The highest BCUT2D eigenvalue weighted by Gasteiger charge is 2.67. The summed E-state index contributed by atoms with van der Waals surface area (Å²) in [7, 11) is 1.43. The summed E-state index contributed by atoms with van der Waals surface area (Å²) in [5, 5.41) is 20.8. The Kier molecular flexibility index (Phi) is 5.39. The summed E-state index contributed by atoms with van der Waals surface area (Å²) in [4.78, 5) is 36.6. The number of rotatable bonds is 4. The third-order valence-corrected chi connectivity index (χ3v) is 10.0. The Morgan fingerprint density at radius 3 is 2.48 bits per heavy atom. The molecule has 0 spiro atoms. The van der Waals surface area contributed by atoms with Gasteiger partial charge in [0.25, 0.3) is 0 Å². The van der Waals surface area contributed by atoms with Gasteiger partial charge in [-0.3, -0.25) is 14.4 Å². The Morgan fingerprint density at radius 2 is 1.84 bits per heavy atom. The Labute approximate surface area is 184 Å². The maximum Gasteiger partial charge on any atom is 0.309 e. The van der Waals surface area contributed by atoms with Crippen molar-refractivity contribution < 1.29 is 29.3 Å². The first kappa shape index (κ1) is 22.5. The first-order chi connectivity index (χ1) is 14.5. The quantitative estimate of drug-likeness (QED) is 0.656. The molecular formula is C25H36O6. The number of esters is 1. The highest BCUT2D eigenvalue weighted by Crippen LogP contribution is 2.70. The molecule has 172 valence electrons. The number of ketones is 1. The lowest BCUT2D eigenvalue weighted by atomic mass is 9.42. The van der Waals surface area contributed by atoms with Gasteiger partial charge in [0, 0.05) is 12.8 Å². The van der Waals surface area contributed by atoms with E-state index in [1.807, 2.05) is 0 Å². The zero-order chi connectivity index (χ0) is 22.8. The topological polar surface area (TPSA) is 101 Å². The summed E-state index contributed by atoms with van der Waals surface area (Å²) in [6, 6.07) is 0. The largest absolute Gasteiger partial charge is 0.481 e. The number of ether oxygens (including phenoxy) is 1. The van der Waals surface area contributed by atoms with Gasteiger partial charge in [-0.2, -0.15) is 0 Å². The molecule has 3 saturated carbocycles. The van der Waals surface area contributed by atoms with E-state index in [9.17, 15) is 24.6 Å². The van der Waals surface area contributed by atoms with E-state index in [1.165, 1.54) is 7.11 Å². The highest BCUT2D eigenvalue weighted by atomic mass is 16.5. The number of carboxylic acid groups (broad SMARTS) is 1. The fourth-order valence-electron chi connectivity index (χ4n) is 8.29. The van der Waals surface area contributed by atoms with Gasteiger partial charge in [-0.1, -0.05) is 26.3 Å². The minimum Gasteiger partial charge on any atom is -0.481 e. The number of carboxylic acids is 1. The van der Waals surface area contributed by atoms with E-state index in [0.717, 1.165) is 31.3 Å². The zero-order valence-corrected chi connectivity index (χ0v) is 19.1. The molecule has 0 unspecified atom stereocenters. The summed E-state index contributed by atoms with van der Waals surface area (Å²) in [6.07, 6.45) is 6.41. The van der Waals surface area contributed by atoms with Gasteiger partial charge >= 0.3 is 11.9 Å². The number of aliphatic hydroxyl groups is 1. The van der Waals surface area contributed by atoms with Crippen molar-refractivity contribution in [1.29, 1.82) is 0 Å². The standard InChI is InChI=1S/C25H36O6/c1-14-18-13-15(26)5-9-23(18,2)16-6-10-24(3)17(21(16)20(14)22(29)31-4)7-11-25(24,30)12-8-19(27)28/h13-14,16-17,20-21,30H,5-12H2,1-4H3,(H,27,28)/t14-,16-,17-,20+,21+,23+,24-,25+/m0/s1. The van der Waals surface area contributed by atoms with Crippen molar-refractivity contribution in [3.63, 3.8) is 0 Å². The van der Waals surface area contributed by atoms with Crippen LogP contribution >= 0.6 is 0 Å². The van der Waals surface area contributed by atoms with Crippen LogP contribution in [0.1, 0.15) is 72.1 Å². The molecule has 0 aromatic rings. The summed E-state index contributed by atoms with van der Waals surface area (Å²) in [6.45, 7) is 6.43. The fourth-order valence-corrected chi connectivity index (χ4v) is 8.29. The summed E-state index contributed by atoms with van der Waals surface area (Å²) in [5.74, 6) is -0.943. The third kappa shape index (κ3) is 3.12. The first-order valence-electron chi connectivity index (χ1n) is 11.8. The number of hydrogen-bond acceptors (Lipinski definition) is 5. The number of fused-ring (bicyclic) bond motifs is 5. The predicted molar refractivity (Wildman–Crippen MR) is 114 cm³/mol. The van der Waals surface area contributed by atoms with E-state index in [4.69, 9.17) is 4.74 Å². The molecule has 4 rings (SSSR count). The molecular weight excluding hydrogens is 396 g/mol. The van der Waals surface area contributed by atoms with Gasteiger partial charge in [-0.25, -0.2) is 0 Å². The molecule has 0 aromatic heterocycles. The van der Waals surface area contributed by atoms with Crippen molar-refractivity contribution >= 4 is 17.7 Å². The Hall–Kier alpha value is -1.69. The summed E-state index contributed by atoms with van der Waals surface area (Å²) < 4.78 is 5.27. The van der Waals surface area contributed by atoms with Gasteiger partial charge in [0.15, 0.2) is 5.78 Å². The summed E-state index contributed by atoms with van der Waals surface area (Å²) >= 11 is 0. The monoisotopic (exact) mass is 432 g/mol. The molecule has 8 atom stereocenters. The average Bonchev–Trinajstić information content (AvgIpc) is 2.99. The van der Waals surface area contributed by atoms with Gasteiger partial charge in [0.1, 0.15) is 0 Å². The van der Waals surface area contributed by atoms with Crippen LogP contribution in [0.25, 0.3) is 0 Å². The minimum absolute atomic E-state index is 0.0452. The van der Waals surface area contributed by atoms with Crippen LogP contribution in [0.2, 0.25) is 0 Å². The smallest absolute Gasteiger partial charge is 0.309 e. The van der Waals surface area contributed by atoms with E-state index in [0.29, 0.717) is 12.8 Å². The Bertz CT molecular complexity index is 832. The molecule has 0 amide bonds. The lowest BCUT2D eigenvalue weighted by Crippen LogP contribution is -2.60. The van der Waals surface area contributed by atoms with Crippen molar-refractivity contribution in [3.05, 3.63) is 11.6 Å². The molecule has 0 aromatic carbocycles. The van der Waals surface area contributed by atoms with Crippen LogP contribution in [0.4, 0.5) is 0 Å². The molecule has 2 N–H and O–H groups in total. The zero-order valence-electron chi connectivity index (χ0n) is 19.1. The van der Waals surface area contributed by atoms with Crippen LogP contribution in [0.5, 0.6) is 0 Å². The maximum atomic E-state index is 13.1. The number of methoxy groups -OCH3 is 1. The van der Waals surface area contributed by atoms with Crippen molar-refractivity contribution in [2.75, 3.05) is 7.11 Å². The van der Waals surface area contributed by atoms with Crippen molar-refractivity contribution in [2.45, 2.75) is 77.7 Å². The highest BCUT2D eigenvalue weighted by molar-refractivity contribution is 5.92. The van der Waals surface area contributed by atoms with Crippen LogP contribution < -0.4 is 0 Å². The predicted octanol–water partition coefficient (Wildman–Crippen LogP) is 3.76. The maximum absolute atomic E-state index is 13.1. The second-order valence-corrected chi connectivity index (χ2v) is 11.0. The van der Waals surface area contributed by atoms with Crippen molar-refractivity contribution in [3.8, 4) is 0 Å². The van der Waals surface area contributed by atoms with Crippen molar-refractivity contribution in [1.82, 2.24) is 0 Å². The molecule has 4 aliphatic carbocycles. The number of carbonyl (C=O) groups excluding carboxylic acids is 2. The normalized spacial score (nSPS) is 46.4. The minimum atomic E-state index is -1.02. The lowest BCUT2D eigenvalue weighted by molar-refractivity contribution is -0.174. The SMILES string of the molecule is COC(=O)[C@H]1[C@@H]2[C@H](CC[C@@]3(C)[C@H]2CC[C@@]3(O)CCC(=O)O)[C@@]2(C)CCC(=O)C=C2[C@@H]1C. The van der Waals surface area contributed by atoms with E-state index < -0.39 is 17.0 Å². The van der Waals surface area contributed by atoms with Crippen LogP contribution in [-0.4, -0.2) is 40.6 Å². The van der Waals surface area contributed by atoms with Gasteiger partial charge < -0.3 is 14.9 Å². The van der Waals surface area contributed by atoms with Gasteiger partial charge in [-0.05, 0) is 79.1 Å². The molecule has 6 heteroatoms. The number of carbonyl (C=O) groups is 3. The molecule has 0 radical (unpaired) electrons. The molecule has 0 aliphatic heterocycles. The molecule has 4 aliphatic rings. The lowest BCUT2D eigenvalue weighted by Gasteiger charge is -2.62. The first-order valence-corrected chi connectivity index (χ1v) is 11.8. The molecule has 6 nitrogen and oxygen atoms in total. The van der Waals surface area contributed by atoms with E-state index >= 15 is 0 Å². The van der Waals surface area contributed by atoms with E-state index in [-0.39, 0.29) is 59.6 Å². The average molecular weight is 433 g/mol. The van der Waals surface area contributed by atoms with Crippen LogP contribution in [0, 0.1) is 40.4 Å². The molecule has 31 heavy (non-hydrogen) atoms. The second kappa shape index (κ2) is 7.43. The number of hydrogen-bond donors (Lipinski definition) is 2. The summed E-state index contributed by atoms with van der Waals surface area (Å²) in [5.41, 5.74) is -0.462. The van der Waals surface area contributed by atoms with Crippen LogP contribution in [0.15, 0.2) is 11.6 Å². The van der Waals surface area contributed by atoms with E-state index in [2.05, 4.69) is 20.8 Å². The number of aliphatic carboxylic acids is 1. The molecule has 3 fully saturated rings. The number of allylic oxidation sites excluding steroid dienone is 1. The molecule has 0 bridgehead atoms. The van der Waals surface area contributed by atoms with Gasteiger partial charge in [-0.15, -0.1) is 0 Å². The Morgan fingerprint density at radius 1 is 1.16 bits per heavy atom. The van der Waals surface area contributed by atoms with Gasteiger partial charge in [0.05, 0.1) is 18.6 Å². The van der Waals surface area contributed by atoms with E-state index in [1.54, 1.807) is 6.08 Å². The molecule has 0 saturated heterocycles. The third-order valence-electron chi connectivity index (χ3n) is 10.0. The Balaban J connectivity index is 1.78. The van der Waals surface area contributed by atoms with Crippen molar-refractivity contribution in [2.24, 2.45) is 40.4 Å². The van der Waals surface area contributed by atoms with Crippen LogP contribution in [-0.2, 0) is 19.1 Å². The van der Waals surface area contributed by atoms with Gasteiger partial charge in [0.2, 0.25) is 0 Å².